The number of fused-ring (bicyclic) bond motifs is 1. The molecule has 2 aliphatic rings. The number of aryl methyl sites for hydroxylation is 1. The molecule has 3 heterocycles. The number of hydrogen-bond acceptors (Lipinski definition) is 9. The number of urea groups is 1. The zero-order valence-corrected chi connectivity index (χ0v) is 19.5. The lowest BCUT2D eigenvalue weighted by Gasteiger charge is -2.50. The highest BCUT2D eigenvalue weighted by Gasteiger charge is 2.51. The van der Waals surface area contributed by atoms with Gasteiger partial charge in [-0.2, -0.15) is 0 Å². The molecule has 1 aromatic heterocycles. The van der Waals surface area contributed by atoms with Gasteiger partial charge in [-0.1, -0.05) is 17.3 Å². The Morgan fingerprint density at radius 2 is 1.97 bits per heavy atom. The van der Waals surface area contributed by atoms with Crippen LogP contribution >= 0.6 is 11.8 Å². The summed E-state index contributed by atoms with van der Waals surface area (Å²) >= 11 is 1.30. The fourth-order valence-electron chi connectivity index (χ4n) is 3.96. The molecule has 4 amide bonds. The number of amides is 4. The summed E-state index contributed by atoms with van der Waals surface area (Å²) in [5.74, 6) is 0.570. The van der Waals surface area contributed by atoms with Gasteiger partial charge < -0.3 is 19.5 Å². The Balaban J connectivity index is 1.53. The quantitative estimate of drug-likeness (QED) is 0.568. The second-order valence-electron chi connectivity index (χ2n) is 7.90. The largest absolute Gasteiger partial charge is 0.497 e. The first kappa shape index (κ1) is 23.1. The van der Waals surface area contributed by atoms with E-state index in [-0.39, 0.29) is 29.8 Å². The van der Waals surface area contributed by atoms with E-state index in [1.54, 1.807) is 27.1 Å². The Labute approximate surface area is 195 Å². The third kappa shape index (κ3) is 4.68. The predicted molar refractivity (Wildman–Crippen MR) is 121 cm³/mol. The number of thioether (sulfide) groups is 1. The lowest BCUT2D eigenvalue weighted by molar-refractivity contribution is -0.140. The van der Waals surface area contributed by atoms with Gasteiger partial charge in [-0.05, 0) is 24.6 Å². The summed E-state index contributed by atoms with van der Waals surface area (Å²) in [7, 11) is 4.72. The second-order valence-corrected chi connectivity index (χ2v) is 9.03. The third-order valence-corrected chi connectivity index (χ3v) is 6.91. The summed E-state index contributed by atoms with van der Waals surface area (Å²) in [6.45, 7) is 1.73. The number of methoxy groups -OCH3 is 1. The van der Waals surface area contributed by atoms with Crippen molar-refractivity contribution < 1.29 is 23.6 Å². The molecule has 3 N–H and O–H groups in total. The molecule has 12 heteroatoms. The number of ether oxygens (including phenoxy) is 1. The fraction of sp³-hybridized carbons (Fsp3) is 0.429. The molecule has 4 rings (SSSR count). The van der Waals surface area contributed by atoms with E-state index in [2.05, 4.69) is 21.1 Å². The van der Waals surface area contributed by atoms with Crippen LogP contribution in [0.3, 0.4) is 0 Å². The third-order valence-electron chi connectivity index (χ3n) is 5.69. The van der Waals surface area contributed by atoms with E-state index in [0.717, 1.165) is 16.2 Å². The van der Waals surface area contributed by atoms with Crippen LogP contribution in [0.2, 0.25) is 0 Å². The molecule has 0 spiro atoms. The van der Waals surface area contributed by atoms with E-state index in [9.17, 15) is 14.4 Å². The van der Waals surface area contributed by atoms with E-state index in [1.807, 2.05) is 24.3 Å². The second kappa shape index (κ2) is 9.41. The highest BCUT2D eigenvalue weighted by atomic mass is 32.2. The van der Waals surface area contributed by atoms with Gasteiger partial charge in [-0.15, -0.1) is 11.8 Å². The highest BCUT2D eigenvalue weighted by Crippen LogP contribution is 2.34. The smallest absolute Gasteiger partial charge is 0.327 e. The summed E-state index contributed by atoms with van der Waals surface area (Å²) in [5.41, 5.74) is 0.912. The molecular formula is C21H26N6O5S. The Hall–Kier alpha value is -3.09. The standard InChI is InChI=1S/C21H26N6O5S/c1-11-9-14(25-32-11)22-15(28)10-33-19-16-18(26(2)21(30)27(3)20(16)29)23-17(24-19)12-5-7-13(31-4)8-6-12/h5-9,16-19,23-24H,10H2,1-4H3,(H,22,25,28). The molecular weight excluding hydrogens is 448 g/mol. The molecule has 2 aromatic rings. The van der Waals surface area contributed by atoms with E-state index in [0.29, 0.717) is 11.6 Å². The monoisotopic (exact) mass is 474 g/mol. The van der Waals surface area contributed by atoms with Gasteiger partial charge in [0.25, 0.3) is 0 Å². The molecule has 2 saturated heterocycles. The maximum atomic E-state index is 13.0. The normalized spacial score (nSPS) is 25.1. The predicted octanol–water partition coefficient (Wildman–Crippen LogP) is 1.35. The van der Waals surface area contributed by atoms with Crippen molar-refractivity contribution in [3.05, 3.63) is 41.7 Å². The Morgan fingerprint density at radius 1 is 1.24 bits per heavy atom. The summed E-state index contributed by atoms with van der Waals surface area (Å²) in [6, 6.07) is 8.74. The van der Waals surface area contributed by atoms with Crippen molar-refractivity contribution in [2.75, 3.05) is 32.3 Å². The number of nitrogens with zero attached hydrogens (tertiary/aromatic N) is 3. The first-order valence-electron chi connectivity index (χ1n) is 10.3. The first-order valence-corrected chi connectivity index (χ1v) is 11.4. The number of nitrogens with one attached hydrogen (secondary N) is 3. The molecule has 2 aliphatic heterocycles. The summed E-state index contributed by atoms with van der Waals surface area (Å²) < 4.78 is 10.2. The molecule has 1 aromatic carbocycles. The molecule has 0 bridgehead atoms. The van der Waals surface area contributed by atoms with Crippen LogP contribution in [-0.2, 0) is 9.59 Å². The lowest BCUT2D eigenvalue weighted by Crippen LogP contribution is -2.72. The van der Waals surface area contributed by atoms with Crippen molar-refractivity contribution in [2.24, 2.45) is 5.92 Å². The minimum Gasteiger partial charge on any atom is -0.497 e. The van der Waals surface area contributed by atoms with Gasteiger partial charge in [0.2, 0.25) is 11.8 Å². The molecule has 0 radical (unpaired) electrons. The Kier molecular flexibility index (Phi) is 6.58. The van der Waals surface area contributed by atoms with Crippen LogP contribution in [0.4, 0.5) is 10.6 Å². The van der Waals surface area contributed by atoms with Crippen LogP contribution in [0.15, 0.2) is 34.9 Å². The first-order chi connectivity index (χ1) is 15.8. The Bertz CT molecular complexity index is 1040. The summed E-state index contributed by atoms with van der Waals surface area (Å²) in [5, 5.41) is 12.8. The van der Waals surface area contributed by atoms with E-state index < -0.39 is 17.5 Å². The molecule has 4 atom stereocenters. The topological polar surface area (TPSA) is 129 Å². The number of rotatable bonds is 6. The number of benzene rings is 1. The van der Waals surface area contributed by atoms with Crippen LogP contribution in [0.25, 0.3) is 0 Å². The number of carbonyl (C=O) groups is 3. The molecule has 11 nitrogen and oxygen atoms in total. The molecule has 4 unspecified atom stereocenters. The minimum absolute atomic E-state index is 0.0801. The van der Waals surface area contributed by atoms with Crippen LogP contribution in [0.1, 0.15) is 17.5 Å². The van der Waals surface area contributed by atoms with Gasteiger partial charge in [0.15, 0.2) is 5.82 Å². The van der Waals surface area contributed by atoms with Gasteiger partial charge in [-0.3, -0.25) is 25.1 Å². The highest BCUT2D eigenvalue weighted by molar-refractivity contribution is 8.00. The van der Waals surface area contributed by atoms with Crippen molar-refractivity contribution in [3.63, 3.8) is 0 Å². The van der Waals surface area contributed by atoms with Crippen molar-refractivity contribution in [1.29, 1.82) is 0 Å². The van der Waals surface area contributed by atoms with Crippen molar-refractivity contribution in [3.8, 4) is 5.75 Å². The maximum absolute atomic E-state index is 13.0. The minimum atomic E-state index is -0.584. The molecule has 2 fully saturated rings. The zero-order valence-electron chi connectivity index (χ0n) is 18.7. The van der Waals surface area contributed by atoms with Crippen molar-refractivity contribution >= 4 is 35.4 Å². The number of anilines is 1. The number of carbonyl (C=O) groups excluding carboxylic acids is 3. The van der Waals surface area contributed by atoms with Crippen LogP contribution in [0, 0.1) is 12.8 Å². The Morgan fingerprint density at radius 3 is 2.61 bits per heavy atom. The van der Waals surface area contributed by atoms with Gasteiger partial charge in [-0.25, -0.2) is 4.79 Å². The van der Waals surface area contributed by atoms with Gasteiger partial charge in [0.05, 0.1) is 36.5 Å². The van der Waals surface area contributed by atoms with Crippen LogP contribution in [0.5, 0.6) is 5.75 Å². The zero-order chi connectivity index (χ0) is 23.7. The maximum Gasteiger partial charge on any atom is 0.327 e. The van der Waals surface area contributed by atoms with Crippen molar-refractivity contribution in [2.45, 2.75) is 24.6 Å². The van der Waals surface area contributed by atoms with E-state index in [4.69, 9.17) is 9.26 Å². The number of imide groups is 1. The summed E-state index contributed by atoms with van der Waals surface area (Å²) in [6.07, 6.45) is -0.879. The SMILES string of the molecule is COc1ccc(C2NC(SCC(=O)Nc3cc(C)on3)C3C(=O)N(C)C(=O)N(C)C3N2)cc1. The summed E-state index contributed by atoms with van der Waals surface area (Å²) in [4.78, 5) is 40.7. The average molecular weight is 475 g/mol. The molecule has 33 heavy (non-hydrogen) atoms. The van der Waals surface area contributed by atoms with Crippen molar-refractivity contribution in [1.82, 2.24) is 25.6 Å². The number of hydrogen-bond donors (Lipinski definition) is 3. The van der Waals surface area contributed by atoms with Gasteiger partial charge in [0, 0.05) is 20.2 Å². The van der Waals surface area contributed by atoms with Gasteiger partial charge in [0.1, 0.15) is 11.5 Å². The van der Waals surface area contributed by atoms with E-state index >= 15 is 0 Å². The fourth-order valence-corrected chi connectivity index (χ4v) is 5.07. The van der Waals surface area contributed by atoms with Gasteiger partial charge >= 0.3 is 6.03 Å². The lowest BCUT2D eigenvalue weighted by atomic mass is 9.96. The molecule has 176 valence electrons. The molecule has 0 aliphatic carbocycles. The average Bonchev–Trinajstić information content (AvgIpc) is 3.23. The van der Waals surface area contributed by atoms with Crippen LogP contribution in [-0.4, -0.2) is 71.3 Å². The van der Waals surface area contributed by atoms with Crippen LogP contribution < -0.4 is 20.7 Å². The van der Waals surface area contributed by atoms with E-state index in [1.165, 1.54) is 23.7 Å². The number of aromatic nitrogens is 1. The molecule has 0 saturated carbocycles.